The normalized spacial score (nSPS) is 15.4. The van der Waals surface area contributed by atoms with Crippen LogP contribution in [0.4, 0.5) is 5.69 Å². The number of anilines is 1. The highest BCUT2D eigenvalue weighted by atomic mass is 16.2. The van der Waals surface area contributed by atoms with E-state index in [1.807, 2.05) is 76.2 Å². The number of nitrogens with zero attached hydrogens (tertiary/aromatic N) is 1. The quantitative estimate of drug-likeness (QED) is 0.692. The van der Waals surface area contributed by atoms with Crippen molar-refractivity contribution in [1.29, 1.82) is 0 Å². The lowest BCUT2D eigenvalue weighted by atomic mass is 9.92. The summed E-state index contributed by atoms with van der Waals surface area (Å²) in [6, 6.07) is 14.9. The Hall–Kier alpha value is -3.15. The Bertz CT molecular complexity index is 967. The zero-order chi connectivity index (χ0) is 23.3. The summed E-state index contributed by atoms with van der Waals surface area (Å²) >= 11 is 0. The Balaban J connectivity index is 1.66. The van der Waals surface area contributed by atoms with Gasteiger partial charge >= 0.3 is 0 Å². The molecule has 0 aromatic heterocycles. The fourth-order valence-electron chi connectivity index (χ4n) is 3.79. The first-order chi connectivity index (χ1) is 15.2. The van der Waals surface area contributed by atoms with E-state index in [1.165, 1.54) is 0 Å². The molecule has 0 saturated heterocycles. The molecule has 3 amide bonds. The molecule has 0 radical (unpaired) electrons. The first-order valence-corrected chi connectivity index (χ1v) is 11.3. The van der Waals surface area contributed by atoms with Crippen LogP contribution >= 0.6 is 0 Å². The summed E-state index contributed by atoms with van der Waals surface area (Å²) in [6.45, 7) is 8.54. The van der Waals surface area contributed by atoms with Gasteiger partial charge in [0.2, 0.25) is 17.7 Å². The van der Waals surface area contributed by atoms with Crippen molar-refractivity contribution in [1.82, 2.24) is 10.2 Å². The van der Waals surface area contributed by atoms with Crippen molar-refractivity contribution in [3.63, 3.8) is 0 Å². The van der Waals surface area contributed by atoms with Gasteiger partial charge in [0.25, 0.3) is 0 Å². The fraction of sp³-hybridized carbons (Fsp3) is 0.423. The number of nitrogens with one attached hydrogen (secondary N) is 2. The van der Waals surface area contributed by atoms with Gasteiger partial charge in [-0.3, -0.25) is 14.4 Å². The van der Waals surface area contributed by atoms with Crippen molar-refractivity contribution in [2.75, 3.05) is 5.32 Å². The molecule has 170 valence electrons. The van der Waals surface area contributed by atoms with Gasteiger partial charge in [-0.1, -0.05) is 64.1 Å². The van der Waals surface area contributed by atoms with Gasteiger partial charge in [-0.15, -0.1) is 0 Å². The van der Waals surface area contributed by atoms with Gasteiger partial charge in [0.05, 0.1) is 0 Å². The monoisotopic (exact) mass is 435 g/mol. The number of hydrogen-bond donors (Lipinski definition) is 2. The number of carbonyl (C=O) groups excluding carboxylic acids is 3. The number of benzene rings is 2. The molecule has 2 N–H and O–H groups in total. The summed E-state index contributed by atoms with van der Waals surface area (Å²) in [5.74, 6) is -0.0162. The number of carbonyl (C=O) groups is 3. The molecule has 0 bridgehead atoms. The molecule has 0 fully saturated rings. The minimum absolute atomic E-state index is 0.0138. The third-order valence-electron chi connectivity index (χ3n) is 5.67. The molecule has 1 heterocycles. The maximum absolute atomic E-state index is 13.1. The first-order valence-electron chi connectivity index (χ1n) is 11.3. The highest BCUT2D eigenvalue weighted by Crippen LogP contribution is 2.25. The SMILES string of the molecule is CC(C)CC(=O)N1Cc2ccccc2CC1C(=O)NCc1ccc(NC(=O)C(C)C)cc1. The molecular formula is C26H33N3O3. The van der Waals surface area contributed by atoms with Crippen molar-refractivity contribution in [2.45, 2.75) is 59.7 Å². The molecule has 2 aromatic carbocycles. The molecule has 6 nitrogen and oxygen atoms in total. The van der Waals surface area contributed by atoms with E-state index in [0.29, 0.717) is 25.9 Å². The van der Waals surface area contributed by atoms with Crippen LogP contribution in [0.2, 0.25) is 0 Å². The maximum atomic E-state index is 13.1. The molecule has 1 unspecified atom stereocenters. The van der Waals surface area contributed by atoms with Crippen LogP contribution in [0.3, 0.4) is 0 Å². The van der Waals surface area contributed by atoms with E-state index < -0.39 is 6.04 Å². The lowest BCUT2D eigenvalue weighted by Gasteiger charge is -2.36. The van der Waals surface area contributed by atoms with Crippen molar-refractivity contribution >= 4 is 23.4 Å². The van der Waals surface area contributed by atoms with Crippen LogP contribution in [0.15, 0.2) is 48.5 Å². The molecule has 1 aliphatic rings. The van der Waals surface area contributed by atoms with Crippen molar-refractivity contribution in [3.05, 3.63) is 65.2 Å². The van der Waals surface area contributed by atoms with Crippen LogP contribution in [-0.4, -0.2) is 28.7 Å². The Labute approximate surface area is 190 Å². The second-order valence-corrected chi connectivity index (χ2v) is 9.17. The summed E-state index contributed by atoms with van der Waals surface area (Å²) in [4.78, 5) is 39.6. The van der Waals surface area contributed by atoms with Crippen molar-refractivity contribution < 1.29 is 14.4 Å². The highest BCUT2D eigenvalue weighted by molar-refractivity contribution is 5.92. The molecule has 0 aliphatic carbocycles. The number of fused-ring (bicyclic) bond motifs is 1. The average Bonchev–Trinajstić information content (AvgIpc) is 2.76. The van der Waals surface area contributed by atoms with E-state index in [9.17, 15) is 14.4 Å². The predicted molar refractivity (Wildman–Crippen MR) is 126 cm³/mol. The van der Waals surface area contributed by atoms with E-state index in [1.54, 1.807) is 4.90 Å². The largest absolute Gasteiger partial charge is 0.350 e. The summed E-state index contributed by atoms with van der Waals surface area (Å²) < 4.78 is 0. The van der Waals surface area contributed by atoms with Crippen LogP contribution in [0, 0.1) is 11.8 Å². The zero-order valence-corrected chi connectivity index (χ0v) is 19.4. The van der Waals surface area contributed by atoms with Gasteiger partial charge in [0.15, 0.2) is 0 Å². The van der Waals surface area contributed by atoms with Crippen molar-refractivity contribution in [3.8, 4) is 0 Å². The van der Waals surface area contributed by atoms with Gasteiger partial charge in [0.1, 0.15) is 6.04 Å². The standard InChI is InChI=1S/C26H33N3O3/c1-17(2)13-24(30)29-16-21-8-6-5-7-20(21)14-23(29)26(32)27-15-19-9-11-22(12-10-19)28-25(31)18(3)4/h5-12,17-18,23H,13-16H2,1-4H3,(H,27,32)(H,28,31). The highest BCUT2D eigenvalue weighted by Gasteiger charge is 2.34. The van der Waals surface area contributed by atoms with Crippen LogP contribution in [0.1, 0.15) is 50.8 Å². The lowest BCUT2D eigenvalue weighted by Crippen LogP contribution is -2.52. The van der Waals surface area contributed by atoms with Gasteiger partial charge < -0.3 is 15.5 Å². The molecular weight excluding hydrogens is 402 g/mol. The van der Waals surface area contributed by atoms with Crippen LogP contribution in [-0.2, 0) is 33.9 Å². The van der Waals surface area contributed by atoms with E-state index in [2.05, 4.69) is 10.6 Å². The molecule has 1 aliphatic heterocycles. The maximum Gasteiger partial charge on any atom is 0.243 e. The number of hydrogen-bond acceptors (Lipinski definition) is 3. The minimum Gasteiger partial charge on any atom is -0.350 e. The Kier molecular flexibility index (Phi) is 7.67. The Morgan fingerprint density at radius 3 is 2.25 bits per heavy atom. The lowest BCUT2D eigenvalue weighted by molar-refractivity contribution is -0.142. The minimum atomic E-state index is -0.513. The summed E-state index contributed by atoms with van der Waals surface area (Å²) in [7, 11) is 0. The van der Waals surface area contributed by atoms with Gasteiger partial charge in [-0.05, 0) is 34.7 Å². The first kappa shape index (κ1) is 23.5. The Morgan fingerprint density at radius 2 is 1.62 bits per heavy atom. The predicted octanol–water partition coefficient (Wildman–Crippen LogP) is 3.90. The Morgan fingerprint density at radius 1 is 0.969 bits per heavy atom. The van der Waals surface area contributed by atoms with E-state index in [-0.39, 0.29) is 29.6 Å². The smallest absolute Gasteiger partial charge is 0.243 e. The van der Waals surface area contributed by atoms with Gasteiger partial charge in [-0.25, -0.2) is 0 Å². The second-order valence-electron chi connectivity index (χ2n) is 9.17. The molecule has 32 heavy (non-hydrogen) atoms. The van der Waals surface area contributed by atoms with Crippen molar-refractivity contribution in [2.24, 2.45) is 11.8 Å². The molecule has 2 aromatic rings. The molecule has 1 atom stereocenters. The molecule has 0 spiro atoms. The summed E-state index contributed by atoms with van der Waals surface area (Å²) in [5, 5.41) is 5.85. The second kappa shape index (κ2) is 10.4. The number of rotatable bonds is 7. The topological polar surface area (TPSA) is 78.5 Å². The van der Waals surface area contributed by atoms with Gasteiger partial charge in [-0.2, -0.15) is 0 Å². The summed E-state index contributed by atoms with van der Waals surface area (Å²) in [6.07, 6.45) is 0.946. The van der Waals surface area contributed by atoms with Crippen LogP contribution in [0.5, 0.6) is 0 Å². The fourth-order valence-corrected chi connectivity index (χ4v) is 3.79. The average molecular weight is 436 g/mol. The summed E-state index contributed by atoms with van der Waals surface area (Å²) in [5.41, 5.74) is 3.88. The molecule has 6 heteroatoms. The number of amides is 3. The van der Waals surface area contributed by atoms with Gasteiger partial charge in [0, 0.05) is 37.5 Å². The third-order valence-corrected chi connectivity index (χ3v) is 5.67. The van der Waals surface area contributed by atoms with E-state index in [4.69, 9.17) is 0 Å². The van der Waals surface area contributed by atoms with Crippen LogP contribution in [0.25, 0.3) is 0 Å². The third kappa shape index (κ3) is 5.96. The van der Waals surface area contributed by atoms with E-state index in [0.717, 1.165) is 22.4 Å². The van der Waals surface area contributed by atoms with Crippen LogP contribution < -0.4 is 10.6 Å². The van der Waals surface area contributed by atoms with E-state index >= 15 is 0 Å². The molecule has 3 rings (SSSR count). The molecule has 0 saturated carbocycles. The zero-order valence-electron chi connectivity index (χ0n) is 19.4.